The van der Waals surface area contributed by atoms with E-state index in [4.69, 9.17) is 4.74 Å². The number of benzene rings is 3. The Labute approximate surface area is 120 Å². The van der Waals surface area contributed by atoms with Gasteiger partial charge in [0.1, 0.15) is 23.9 Å². The molecule has 4 atom stereocenters. The molecule has 102 valence electrons. The molecule has 3 aliphatic rings. The lowest BCUT2D eigenvalue weighted by Crippen LogP contribution is -2.34. The Morgan fingerprint density at radius 3 is 2.52 bits per heavy atom. The van der Waals surface area contributed by atoms with Gasteiger partial charge in [-0.05, 0) is 32.7 Å². The van der Waals surface area contributed by atoms with Crippen LogP contribution in [0, 0.1) is 0 Å². The quantitative estimate of drug-likeness (QED) is 0.489. The van der Waals surface area contributed by atoms with Crippen LogP contribution in [0.3, 0.4) is 0 Å². The highest BCUT2D eigenvalue weighted by Crippen LogP contribution is 2.66. The van der Waals surface area contributed by atoms with Crippen LogP contribution >= 0.6 is 0 Å². The van der Waals surface area contributed by atoms with E-state index in [1.165, 1.54) is 21.5 Å². The van der Waals surface area contributed by atoms with Crippen LogP contribution in [0.2, 0.25) is 0 Å². The molecule has 3 aromatic carbocycles. The van der Waals surface area contributed by atoms with Crippen LogP contribution in [0.15, 0.2) is 42.5 Å². The summed E-state index contributed by atoms with van der Waals surface area (Å²) in [6.45, 7) is 0. The van der Waals surface area contributed by atoms with Gasteiger partial charge in [-0.1, -0.05) is 42.5 Å². The van der Waals surface area contributed by atoms with E-state index in [0.717, 1.165) is 16.7 Å². The molecule has 2 aliphatic carbocycles. The molecule has 1 heterocycles. The molecular weight excluding hydrogens is 264 g/mol. The molecule has 21 heavy (non-hydrogen) atoms. The van der Waals surface area contributed by atoms with Crippen molar-refractivity contribution in [3.05, 3.63) is 59.2 Å². The fourth-order valence-corrected chi connectivity index (χ4v) is 4.55. The summed E-state index contributed by atoms with van der Waals surface area (Å²) in [4.78, 5) is 0. The summed E-state index contributed by atoms with van der Waals surface area (Å²) in [5, 5.41) is 25.5. The molecular formula is C18H12O3. The zero-order valence-electron chi connectivity index (χ0n) is 11.1. The third-order valence-corrected chi connectivity index (χ3v) is 5.44. The fraction of sp³-hybridized carbons (Fsp3) is 0.222. The zero-order valence-corrected chi connectivity index (χ0v) is 11.1. The summed E-state index contributed by atoms with van der Waals surface area (Å²) in [5.41, 5.74) is 2.50. The SMILES string of the molecule is O[C@@H]1[C@@H](O)c2ccc3ccc4cccc5c4c3c2[C@]52O[C@@H]12. The summed E-state index contributed by atoms with van der Waals surface area (Å²) in [6, 6.07) is 14.5. The Bertz CT molecular complexity index is 977. The first-order valence-corrected chi connectivity index (χ1v) is 7.27. The van der Waals surface area contributed by atoms with Crippen LogP contribution in [0.25, 0.3) is 21.5 Å². The van der Waals surface area contributed by atoms with E-state index < -0.39 is 17.8 Å². The minimum absolute atomic E-state index is 0.330. The summed E-state index contributed by atoms with van der Waals surface area (Å²) in [5.74, 6) is 0. The molecule has 0 amide bonds. The van der Waals surface area contributed by atoms with Gasteiger partial charge in [-0.15, -0.1) is 0 Å². The highest BCUT2D eigenvalue weighted by atomic mass is 16.6. The maximum atomic E-state index is 10.4. The number of aliphatic hydroxyl groups excluding tert-OH is 2. The van der Waals surface area contributed by atoms with E-state index in [2.05, 4.69) is 24.3 Å². The monoisotopic (exact) mass is 276 g/mol. The highest BCUT2D eigenvalue weighted by Gasteiger charge is 2.70. The normalized spacial score (nSPS) is 34.7. The second-order valence-corrected chi connectivity index (χ2v) is 6.31. The Balaban J connectivity index is 1.93. The second kappa shape index (κ2) is 2.97. The first kappa shape index (κ1) is 10.7. The van der Waals surface area contributed by atoms with Gasteiger partial charge in [0.05, 0.1) is 0 Å². The molecule has 0 bridgehead atoms. The molecule has 1 spiro atoms. The van der Waals surface area contributed by atoms with E-state index in [1.54, 1.807) is 0 Å². The van der Waals surface area contributed by atoms with Crippen molar-refractivity contribution in [3.8, 4) is 0 Å². The van der Waals surface area contributed by atoms with E-state index in [1.807, 2.05) is 18.2 Å². The van der Waals surface area contributed by atoms with E-state index in [9.17, 15) is 10.2 Å². The van der Waals surface area contributed by atoms with Gasteiger partial charge in [0.2, 0.25) is 0 Å². The number of hydrogen-bond acceptors (Lipinski definition) is 3. The Morgan fingerprint density at radius 2 is 1.67 bits per heavy atom. The fourth-order valence-electron chi connectivity index (χ4n) is 4.55. The van der Waals surface area contributed by atoms with E-state index in [0.29, 0.717) is 0 Å². The van der Waals surface area contributed by atoms with Crippen molar-refractivity contribution >= 4 is 21.5 Å². The molecule has 0 saturated carbocycles. The van der Waals surface area contributed by atoms with Crippen molar-refractivity contribution in [3.63, 3.8) is 0 Å². The number of epoxide rings is 1. The van der Waals surface area contributed by atoms with Crippen molar-refractivity contribution in [2.24, 2.45) is 0 Å². The first-order valence-electron chi connectivity index (χ1n) is 7.27. The second-order valence-electron chi connectivity index (χ2n) is 6.31. The third-order valence-electron chi connectivity index (χ3n) is 5.44. The van der Waals surface area contributed by atoms with Gasteiger partial charge in [-0.3, -0.25) is 0 Å². The van der Waals surface area contributed by atoms with Gasteiger partial charge in [0.25, 0.3) is 0 Å². The van der Waals surface area contributed by atoms with Crippen LogP contribution in [-0.4, -0.2) is 22.4 Å². The molecule has 1 aliphatic heterocycles. The molecule has 1 saturated heterocycles. The largest absolute Gasteiger partial charge is 0.387 e. The lowest BCUT2D eigenvalue weighted by Gasteiger charge is -2.27. The predicted molar refractivity (Wildman–Crippen MR) is 78.1 cm³/mol. The van der Waals surface area contributed by atoms with E-state index in [-0.39, 0.29) is 6.10 Å². The van der Waals surface area contributed by atoms with Gasteiger partial charge < -0.3 is 14.9 Å². The molecule has 3 aromatic rings. The molecule has 0 aromatic heterocycles. The molecule has 1 fully saturated rings. The minimum atomic E-state index is -0.866. The third kappa shape index (κ3) is 0.922. The van der Waals surface area contributed by atoms with Gasteiger partial charge in [-0.2, -0.15) is 0 Å². The lowest BCUT2D eigenvalue weighted by molar-refractivity contribution is -0.000470. The molecule has 0 unspecified atom stereocenters. The standard InChI is InChI=1S/C18H12O3/c19-15-10-7-6-9-5-4-8-2-1-3-11-12(8)13(9)14(10)18(11)17(21-18)16(15)20/h1-7,15-17,19-20H/t15-,16+,17-,18+/m0/s1. The molecule has 0 radical (unpaired) electrons. The first-order chi connectivity index (χ1) is 10.2. The molecule has 3 heteroatoms. The van der Waals surface area contributed by atoms with Crippen LogP contribution in [0.4, 0.5) is 0 Å². The molecule has 3 nitrogen and oxygen atoms in total. The number of rotatable bonds is 0. The molecule has 6 rings (SSSR count). The molecule has 2 N–H and O–H groups in total. The maximum Gasteiger partial charge on any atom is 0.149 e. The van der Waals surface area contributed by atoms with Crippen LogP contribution in [0.5, 0.6) is 0 Å². The van der Waals surface area contributed by atoms with Crippen LogP contribution in [0.1, 0.15) is 22.8 Å². The van der Waals surface area contributed by atoms with Gasteiger partial charge >= 0.3 is 0 Å². The Morgan fingerprint density at radius 1 is 0.905 bits per heavy atom. The zero-order chi connectivity index (χ0) is 13.9. The predicted octanol–water partition coefficient (Wildman–Crippen LogP) is 2.36. The van der Waals surface area contributed by atoms with E-state index >= 15 is 0 Å². The van der Waals surface area contributed by atoms with Crippen molar-refractivity contribution in [2.45, 2.75) is 23.9 Å². The highest BCUT2D eigenvalue weighted by molar-refractivity contribution is 6.15. The van der Waals surface area contributed by atoms with Crippen LogP contribution < -0.4 is 0 Å². The number of ether oxygens (including phenoxy) is 1. The average Bonchev–Trinajstić information content (AvgIpc) is 3.20. The summed E-state index contributed by atoms with van der Waals surface area (Å²) in [7, 11) is 0. The van der Waals surface area contributed by atoms with Gasteiger partial charge in [0, 0.05) is 5.56 Å². The van der Waals surface area contributed by atoms with Gasteiger partial charge in [-0.25, -0.2) is 0 Å². The minimum Gasteiger partial charge on any atom is -0.387 e. The van der Waals surface area contributed by atoms with Crippen molar-refractivity contribution in [2.75, 3.05) is 0 Å². The number of hydrogen-bond donors (Lipinski definition) is 2. The van der Waals surface area contributed by atoms with Crippen LogP contribution in [-0.2, 0) is 10.3 Å². The topological polar surface area (TPSA) is 53.0 Å². The number of aliphatic hydroxyl groups is 2. The Hall–Kier alpha value is -1.94. The summed E-state index contributed by atoms with van der Waals surface area (Å²) >= 11 is 0. The maximum absolute atomic E-state index is 10.4. The van der Waals surface area contributed by atoms with Crippen molar-refractivity contribution in [1.82, 2.24) is 0 Å². The van der Waals surface area contributed by atoms with Gasteiger partial charge in [0.15, 0.2) is 0 Å². The van der Waals surface area contributed by atoms with Crippen molar-refractivity contribution in [1.29, 1.82) is 0 Å². The average molecular weight is 276 g/mol. The summed E-state index contributed by atoms with van der Waals surface area (Å²) in [6.07, 6.45) is -2.06. The summed E-state index contributed by atoms with van der Waals surface area (Å²) < 4.78 is 6.00. The Kier molecular flexibility index (Phi) is 1.52. The smallest absolute Gasteiger partial charge is 0.149 e. The van der Waals surface area contributed by atoms with Crippen molar-refractivity contribution < 1.29 is 14.9 Å². The lowest BCUT2D eigenvalue weighted by atomic mass is 9.78.